The van der Waals surface area contributed by atoms with Gasteiger partial charge in [0.1, 0.15) is 5.54 Å². The van der Waals surface area contributed by atoms with Crippen molar-refractivity contribution in [3.8, 4) is 0 Å². The first kappa shape index (κ1) is 15.6. The van der Waals surface area contributed by atoms with Crippen LogP contribution < -0.4 is 5.73 Å². The van der Waals surface area contributed by atoms with Crippen molar-refractivity contribution in [2.45, 2.75) is 51.1 Å². The van der Waals surface area contributed by atoms with E-state index in [1.165, 1.54) is 4.90 Å². The molecule has 0 aliphatic carbocycles. The molecule has 0 aromatic carbocycles. The number of hydrogen-bond donors (Lipinski definition) is 2. The van der Waals surface area contributed by atoms with E-state index in [0.717, 1.165) is 0 Å². The number of piperidine rings is 1. The molecule has 21 heavy (non-hydrogen) atoms. The number of likely N-dealkylation sites (tertiary alicyclic amines) is 2. The number of aliphatic carboxylic acids is 1. The highest BCUT2D eigenvalue weighted by atomic mass is 16.4. The van der Waals surface area contributed by atoms with Gasteiger partial charge in [0.2, 0.25) is 5.91 Å². The lowest BCUT2D eigenvalue weighted by Gasteiger charge is -2.42. The van der Waals surface area contributed by atoms with Crippen LogP contribution >= 0.6 is 0 Å². The molecule has 3 unspecified atom stereocenters. The minimum Gasteiger partial charge on any atom is -0.480 e. The van der Waals surface area contributed by atoms with Crippen LogP contribution in [0.5, 0.6) is 0 Å². The lowest BCUT2D eigenvalue weighted by Crippen LogP contribution is -2.59. The van der Waals surface area contributed by atoms with Gasteiger partial charge in [0.25, 0.3) is 0 Å². The summed E-state index contributed by atoms with van der Waals surface area (Å²) in [5.74, 6) is -1.73. The lowest BCUT2D eigenvalue weighted by atomic mass is 9.93. The van der Waals surface area contributed by atoms with E-state index >= 15 is 0 Å². The summed E-state index contributed by atoms with van der Waals surface area (Å²) in [7, 11) is 0. The lowest BCUT2D eigenvalue weighted by molar-refractivity contribution is -0.147. The van der Waals surface area contributed by atoms with Crippen LogP contribution in [0.4, 0.5) is 4.79 Å². The van der Waals surface area contributed by atoms with Gasteiger partial charge in [0, 0.05) is 19.1 Å². The normalized spacial score (nSPS) is 33.0. The van der Waals surface area contributed by atoms with Crippen LogP contribution in [0.1, 0.15) is 39.5 Å². The smallest absolute Gasteiger partial charge is 0.329 e. The van der Waals surface area contributed by atoms with E-state index in [1.807, 2.05) is 6.92 Å². The fourth-order valence-electron chi connectivity index (χ4n) is 3.25. The zero-order valence-corrected chi connectivity index (χ0v) is 12.5. The average molecular weight is 297 g/mol. The molecule has 2 heterocycles. The molecule has 3 atom stereocenters. The SMILES string of the molecule is CC1CCC(C(N)=O)CN1C(=O)N1CCCC1(C)C(=O)O. The molecule has 0 radical (unpaired) electrons. The molecule has 2 aliphatic heterocycles. The van der Waals surface area contributed by atoms with Crippen molar-refractivity contribution in [3.05, 3.63) is 0 Å². The average Bonchev–Trinajstić information content (AvgIpc) is 2.81. The number of rotatable bonds is 2. The van der Waals surface area contributed by atoms with Crippen molar-refractivity contribution in [1.82, 2.24) is 9.80 Å². The number of carbonyl (C=O) groups is 3. The van der Waals surface area contributed by atoms with Gasteiger partial charge < -0.3 is 20.6 Å². The topological polar surface area (TPSA) is 104 Å². The minimum absolute atomic E-state index is 0.00764. The Morgan fingerprint density at radius 2 is 1.95 bits per heavy atom. The van der Waals surface area contributed by atoms with Gasteiger partial charge in [-0.1, -0.05) is 0 Å². The summed E-state index contributed by atoms with van der Waals surface area (Å²) in [5.41, 5.74) is 4.19. The van der Waals surface area contributed by atoms with E-state index in [1.54, 1.807) is 11.8 Å². The molecule has 0 spiro atoms. The number of nitrogens with two attached hydrogens (primary N) is 1. The monoisotopic (exact) mass is 297 g/mol. The van der Waals surface area contributed by atoms with Gasteiger partial charge in [0.05, 0.1) is 5.92 Å². The quantitative estimate of drug-likeness (QED) is 0.780. The number of primary amides is 1. The Hall–Kier alpha value is -1.79. The molecule has 3 amide bonds. The molecular formula is C14H23N3O4. The van der Waals surface area contributed by atoms with Crippen molar-refractivity contribution in [2.24, 2.45) is 11.7 Å². The number of carboxylic acid groups (broad SMARTS) is 1. The Morgan fingerprint density at radius 1 is 1.29 bits per heavy atom. The molecule has 2 saturated heterocycles. The van der Waals surface area contributed by atoms with Crippen LogP contribution in [-0.2, 0) is 9.59 Å². The first-order valence-corrected chi connectivity index (χ1v) is 7.38. The van der Waals surface area contributed by atoms with Gasteiger partial charge in [0.15, 0.2) is 0 Å². The highest BCUT2D eigenvalue weighted by molar-refractivity contribution is 5.87. The van der Waals surface area contributed by atoms with Crippen molar-refractivity contribution >= 4 is 17.9 Å². The van der Waals surface area contributed by atoms with E-state index in [9.17, 15) is 19.5 Å². The fourth-order valence-corrected chi connectivity index (χ4v) is 3.25. The Balaban J connectivity index is 2.18. The van der Waals surface area contributed by atoms with Crippen molar-refractivity contribution in [3.63, 3.8) is 0 Å². The Bertz CT molecular complexity index is 467. The molecular weight excluding hydrogens is 274 g/mol. The zero-order valence-electron chi connectivity index (χ0n) is 12.5. The molecule has 118 valence electrons. The van der Waals surface area contributed by atoms with Crippen molar-refractivity contribution in [2.75, 3.05) is 13.1 Å². The molecule has 0 saturated carbocycles. The van der Waals surface area contributed by atoms with E-state index < -0.39 is 17.4 Å². The van der Waals surface area contributed by atoms with Gasteiger partial charge in [-0.15, -0.1) is 0 Å². The summed E-state index contributed by atoms with van der Waals surface area (Å²) in [6.45, 7) is 4.22. The summed E-state index contributed by atoms with van der Waals surface area (Å²) in [6.07, 6.45) is 2.51. The maximum absolute atomic E-state index is 12.7. The molecule has 7 nitrogen and oxygen atoms in total. The molecule has 0 aromatic rings. The molecule has 3 N–H and O–H groups in total. The third-order valence-corrected chi connectivity index (χ3v) is 4.86. The van der Waals surface area contributed by atoms with E-state index in [0.29, 0.717) is 32.2 Å². The largest absolute Gasteiger partial charge is 0.480 e. The number of amides is 3. The summed E-state index contributed by atoms with van der Waals surface area (Å²) in [5, 5.41) is 9.41. The first-order valence-electron chi connectivity index (χ1n) is 7.38. The molecule has 2 rings (SSSR count). The van der Waals surface area contributed by atoms with Gasteiger partial charge in [-0.2, -0.15) is 0 Å². The third-order valence-electron chi connectivity index (χ3n) is 4.86. The number of carboxylic acids is 1. The third kappa shape index (κ3) is 2.69. The van der Waals surface area contributed by atoms with Gasteiger partial charge >= 0.3 is 12.0 Å². The van der Waals surface area contributed by atoms with Gasteiger partial charge in [-0.3, -0.25) is 4.79 Å². The highest BCUT2D eigenvalue weighted by Crippen LogP contribution is 2.32. The number of nitrogens with zero attached hydrogens (tertiary/aromatic N) is 2. The van der Waals surface area contributed by atoms with Crippen LogP contribution in [0.15, 0.2) is 0 Å². The predicted molar refractivity (Wildman–Crippen MR) is 75.5 cm³/mol. The zero-order chi connectivity index (χ0) is 15.8. The molecule has 7 heteroatoms. The van der Waals surface area contributed by atoms with E-state index in [-0.39, 0.29) is 24.5 Å². The van der Waals surface area contributed by atoms with E-state index in [2.05, 4.69) is 0 Å². The second-order valence-corrected chi connectivity index (χ2v) is 6.29. The fraction of sp³-hybridized carbons (Fsp3) is 0.786. The summed E-state index contributed by atoms with van der Waals surface area (Å²) < 4.78 is 0. The van der Waals surface area contributed by atoms with Crippen LogP contribution in [0.25, 0.3) is 0 Å². The predicted octanol–water partition coefficient (Wildman–Crippen LogP) is 0.631. The Kier molecular flexibility index (Phi) is 4.11. The number of hydrogen-bond acceptors (Lipinski definition) is 3. The van der Waals surface area contributed by atoms with E-state index in [4.69, 9.17) is 5.73 Å². The maximum atomic E-state index is 12.7. The highest BCUT2D eigenvalue weighted by Gasteiger charge is 2.48. The van der Waals surface area contributed by atoms with Crippen LogP contribution in [0.3, 0.4) is 0 Å². The van der Waals surface area contributed by atoms with Crippen LogP contribution in [0.2, 0.25) is 0 Å². The minimum atomic E-state index is -1.16. The molecule has 0 aromatic heterocycles. The van der Waals surface area contributed by atoms with Crippen LogP contribution in [-0.4, -0.2) is 57.5 Å². The standard InChI is InChI=1S/C14H23N3O4/c1-9-4-5-10(11(15)18)8-16(9)13(21)17-7-3-6-14(17,2)12(19)20/h9-10H,3-8H2,1-2H3,(H2,15,18)(H,19,20). The molecule has 2 aliphatic rings. The Labute approximate surface area is 124 Å². The second kappa shape index (κ2) is 5.54. The second-order valence-electron chi connectivity index (χ2n) is 6.29. The van der Waals surface area contributed by atoms with Crippen molar-refractivity contribution in [1.29, 1.82) is 0 Å². The number of carbonyl (C=O) groups excluding carboxylic acids is 2. The first-order chi connectivity index (χ1) is 9.77. The molecule has 2 fully saturated rings. The van der Waals surface area contributed by atoms with Crippen LogP contribution in [0, 0.1) is 5.92 Å². The summed E-state index contributed by atoms with van der Waals surface area (Å²) in [6, 6.07) is -0.303. The van der Waals surface area contributed by atoms with Gasteiger partial charge in [-0.25, -0.2) is 9.59 Å². The summed E-state index contributed by atoms with van der Waals surface area (Å²) >= 11 is 0. The Morgan fingerprint density at radius 3 is 2.52 bits per heavy atom. The van der Waals surface area contributed by atoms with Gasteiger partial charge in [-0.05, 0) is 39.5 Å². The number of urea groups is 1. The maximum Gasteiger partial charge on any atom is 0.329 e. The summed E-state index contributed by atoms with van der Waals surface area (Å²) in [4.78, 5) is 38.6. The molecule has 0 bridgehead atoms. The van der Waals surface area contributed by atoms with Crippen molar-refractivity contribution < 1.29 is 19.5 Å².